The van der Waals surface area contributed by atoms with E-state index in [1.54, 1.807) is 6.08 Å². The van der Waals surface area contributed by atoms with Gasteiger partial charge in [0, 0.05) is 17.0 Å². The predicted molar refractivity (Wildman–Crippen MR) is 80.1 cm³/mol. The van der Waals surface area contributed by atoms with Crippen molar-refractivity contribution in [3.63, 3.8) is 0 Å². The standard InChI is InChI=1S/C17H13F3O3/c18-17(19,20)14-5-3-1-2-4-12(14)13-8-10-6-7-11(21)9-15(10)23-16(13)22/h2,4,6-9,21H,1,3,5H2. The van der Waals surface area contributed by atoms with E-state index < -0.39 is 17.4 Å². The van der Waals surface area contributed by atoms with Gasteiger partial charge in [0.05, 0.1) is 5.56 Å². The molecule has 2 aromatic rings. The third kappa shape index (κ3) is 3.02. The number of hydrogen-bond donors (Lipinski definition) is 1. The van der Waals surface area contributed by atoms with Gasteiger partial charge in [0.2, 0.25) is 0 Å². The van der Waals surface area contributed by atoms with Gasteiger partial charge in [-0.05, 0) is 43.0 Å². The van der Waals surface area contributed by atoms with E-state index >= 15 is 0 Å². The van der Waals surface area contributed by atoms with E-state index in [2.05, 4.69) is 0 Å². The Balaban J connectivity index is 2.28. The largest absolute Gasteiger partial charge is 0.508 e. The highest BCUT2D eigenvalue weighted by Crippen LogP contribution is 2.37. The van der Waals surface area contributed by atoms with Gasteiger partial charge in [0.25, 0.3) is 0 Å². The molecule has 1 heterocycles. The molecule has 0 spiro atoms. The molecule has 1 aromatic heterocycles. The van der Waals surface area contributed by atoms with Crippen molar-refractivity contribution < 1.29 is 22.7 Å². The molecule has 23 heavy (non-hydrogen) atoms. The molecule has 1 aromatic carbocycles. The minimum Gasteiger partial charge on any atom is -0.508 e. The van der Waals surface area contributed by atoms with Crippen molar-refractivity contribution in [3.05, 3.63) is 58.0 Å². The van der Waals surface area contributed by atoms with Crippen molar-refractivity contribution in [2.75, 3.05) is 0 Å². The minimum atomic E-state index is -4.50. The first-order chi connectivity index (χ1) is 10.9. The lowest BCUT2D eigenvalue weighted by Crippen LogP contribution is -2.16. The van der Waals surface area contributed by atoms with E-state index in [1.807, 2.05) is 0 Å². The Morgan fingerprint density at radius 2 is 1.96 bits per heavy atom. The maximum absolute atomic E-state index is 13.3. The molecule has 1 N–H and O–H groups in total. The summed E-state index contributed by atoms with van der Waals surface area (Å²) in [5.74, 6) is -0.0852. The summed E-state index contributed by atoms with van der Waals surface area (Å²) in [7, 11) is 0. The maximum Gasteiger partial charge on any atom is 0.413 e. The summed E-state index contributed by atoms with van der Waals surface area (Å²) in [5.41, 5.74) is -1.69. The molecule has 1 aliphatic carbocycles. The van der Waals surface area contributed by atoms with Crippen LogP contribution < -0.4 is 5.63 Å². The molecule has 6 heteroatoms. The smallest absolute Gasteiger partial charge is 0.413 e. The Kier molecular flexibility index (Phi) is 3.75. The first-order valence-corrected chi connectivity index (χ1v) is 7.10. The molecule has 0 aliphatic heterocycles. The van der Waals surface area contributed by atoms with Crippen molar-refractivity contribution in [3.8, 4) is 5.75 Å². The van der Waals surface area contributed by atoms with E-state index in [-0.39, 0.29) is 28.9 Å². The minimum absolute atomic E-state index is 0.0852. The fourth-order valence-corrected chi connectivity index (χ4v) is 2.67. The molecule has 3 nitrogen and oxygen atoms in total. The molecule has 0 saturated heterocycles. The van der Waals surface area contributed by atoms with Crippen molar-refractivity contribution >= 4 is 16.5 Å². The van der Waals surface area contributed by atoms with Gasteiger partial charge < -0.3 is 9.52 Å². The summed E-state index contributed by atoms with van der Waals surface area (Å²) >= 11 is 0. The third-order valence-electron chi connectivity index (χ3n) is 3.76. The Labute approximate surface area is 129 Å². The molecule has 120 valence electrons. The Morgan fingerprint density at radius 1 is 1.17 bits per heavy atom. The lowest BCUT2D eigenvalue weighted by molar-refractivity contribution is -0.0933. The van der Waals surface area contributed by atoms with Crippen LogP contribution in [0.3, 0.4) is 0 Å². The molecule has 0 bridgehead atoms. The van der Waals surface area contributed by atoms with Crippen LogP contribution in [0, 0.1) is 0 Å². The molecule has 0 amide bonds. The number of aromatic hydroxyl groups is 1. The third-order valence-corrected chi connectivity index (χ3v) is 3.76. The number of phenolic OH excluding ortho intramolecular Hbond substituents is 1. The van der Waals surface area contributed by atoms with Crippen molar-refractivity contribution in [1.29, 1.82) is 0 Å². The van der Waals surface area contributed by atoms with Crippen LogP contribution in [0.2, 0.25) is 0 Å². The van der Waals surface area contributed by atoms with Gasteiger partial charge >= 0.3 is 11.8 Å². The molecule has 0 atom stereocenters. The monoisotopic (exact) mass is 322 g/mol. The molecule has 3 rings (SSSR count). The number of hydrogen-bond acceptors (Lipinski definition) is 3. The number of fused-ring (bicyclic) bond motifs is 1. The molecular formula is C17H13F3O3. The molecule has 0 saturated carbocycles. The number of phenols is 1. The first kappa shape index (κ1) is 15.4. The van der Waals surface area contributed by atoms with Crippen LogP contribution in [-0.2, 0) is 0 Å². The average molecular weight is 322 g/mol. The van der Waals surface area contributed by atoms with Gasteiger partial charge in [0.15, 0.2) is 0 Å². The zero-order valence-electron chi connectivity index (χ0n) is 12.0. The van der Waals surface area contributed by atoms with Crippen molar-refractivity contribution in [2.45, 2.75) is 25.4 Å². The van der Waals surface area contributed by atoms with Gasteiger partial charge in [-0.3, -0.25) is 0 Å². The highest BCUT2D eigenvalue weighted by atomic mass is 19.4. The Hall–Kier alpha value is -2.50. The second-order valence-corrected chi connectivity index (χ2v) is 5.35. The van der Waals surface area contributed by atoms with Crippen LogP contribution in [0.1, 0.15) is 24.8 Å². The van der Waals surface area contributed by atoms with E-state index in [1.165, 1.54) is 30.3 Å². The quantitative estimate of drug-likeness (QED) is 0.783. The number of benzene rings is 1. The van der Waals surface area contributed by atoms with Gasteiger partial charge in [-0.15, -0.1) is 0 Å². The van der Waals surface area contributed by atoms with E-state index in [9.17, 15) is 23.1 Å². The maximum atomic E-state index is 13.3. The van der Waals surface area contributed by atoms with Crippen molar-refractivity contribution in [2.24, 2.45) is 0 Å². The molecule has 1 aliphatic rings. The fourth-order valence-electron chi connectivity index (χ4n) is 2.67. The second-order valence-electron chi connectivity index (χ2n) is 5.35. The summed E-state index contributed by atoms with van der Waals surface area (Å²) in [6, 6.07) is 5.50. The zero-order valence-corrected chi connectivity index (χ0v) is 12.0. The van der Waals surface area contributed by atoms with E-state index in [0.717, 1.165) is 0 Å². The van der Waals surface area contributed by atoms with E-state index in [4.69, 9.17) is 4.42 Å². The molecule has 0 fully saturated rings. The van der Waals surface area contributed by atoms with Gasteiger partial charge in [-0.2, -0.15) is 13.2 Å². The van der Waals surface area contributed by atoms with Crippen LogP contribution in [0.25, 0.3) is 16.5 Å². The van der Waals surface area contributed by atoms with Crippen LogP contribution in [0.15, 0.2) is 51.2 Å². The van der Waals surface area contributed by atoms with Crippen LogP contribution in [0.4, 0.5) is 13.2 Å². The van der Waals surface area contributed by atoms with Crippen LogP contribution >= 0.6 is 0 Å². The summed E-state index contributed by atoms with van der Waals surface area (Å²) in [4.78, 5) is 12.1. The summed E-state index contributed by atoms with van der Waals surface area (Å²) in [5, 5.41) is 9.84. The Bertz CT molecular complexity index is 873. The fraction of sp³-hybridized carbons (Fsp3) is 0.235. The highest BCUT2D eigenvalue weighted by molar-refractivity contribution is 5.85. The van der Waals surface area contributed by atoms with Gasteiger partial charge in [-0.1, -0.05) is 12.2 Å². The SMILES string of the molecule is O=c1oc2cc(O)ccc2cc1C1=C(C(F)(F)F)CCCC=C1. The molecule has 0 radical (unpaired) electrons. The normalized spacial score (nSPS) is 16.0. The predicted octanol–water partition coefficient (Wildman–Crippen LogP) is 4.55. The lowest BCUT2D eigenvalue weighted by Gasteiger charge is -2.14. The summed E-state index contributed by atoms with van der Waals surface area (Å²) < 4.78 is 45.0. The average Bonchev–Trinajstić information content (AvgIpc) is 2.71. The Morgan fingerprint density at radius 3 is 2.70 bits per heavy atom. The lowest BCUT2D eigenvalue weighted by atomic mass is 9.98. The van der Waals surface area contributed by atoms with Gasteiger partial charge in [-0.25, -0.2) is 4.79 Å². The van der Waals surface area contributed by atoms with Crippen LogP contribution in [0.5, 0.6) is 5.75 Å². The number of rotatable bonds is 1. The first-order valence-electron chi connectivity index (χ1n) is 7.10. The molecular weight excluding hydrogens is 309 g/mol. The topological polar surface area (TPSA) is 50.4 Å². The van der Waals surface area contributed by atoms with Crippen LogP contribution in [-0.4, -0.2) is 11.3 Å². The number of allylic oxidation sites excluding steroid dienone is 4. The summed E-state index contributed by atoms with van der Waals surface area (Å²) in [6.07, 6.45) is -0.764. The van der Waals surface area contributed by atoms with Gasteiger partial charge in [0.1, 0.15) is 11.3 Å². The number of halogens is 3. The number of alkyl halides is 3. The second kappa shape index (κ2) is 5.61. The highest BCUT2D eigenvalue weighted by Gasteiger charge is 2.36. The van der Waals surface area contributed by atoms with Crippen molar-refractivity contribution in [1.82, 2.24) is 0 Å². The zero-order chi connectivity index (χ0) is 16.6. The summed E-state index contributed by atoms with van der Waals surface area (Å²) in [6.45, 7) is 0. The van der Waals surface area contributed by atoms with E-state index in [0.29, 0.717) is 18.2 Å². The molecule has 0 unspecified atom stereocenters.